The van der Waals surface area contributed by atoms with Crippen molar-refractivity contribution in [2.45, 2.75) is 6.42 Å². The minimum absolute atomic E-state index is 0.0869. The SMILES string of the molecule is [2H]c1c(Cl)c([2H])c(Cc2ccc(C#N)cc2[N+](=O)[O-])c([2H])c1Cl. The molecule has 0 radical (unpaired) electrons. The predicted octanol–water partition coefficient (Wildman–Crippen LogP) is 4.36. The number of nitro benzene ring substituents is 1. The van der Waals surface area contributed by atoms with Gasteiger partial charge in [-0.15, -0.1) is 0 Å². The molecule has 6 heteroatoms. The molecular weight excluding hydrogens is 299 g/mol. The Morgan fingerprint density at radius 3 is 2.50 bits per heavy atom. The summed E-state index contributed by atoms with van der Waals surface area (Å²) in [5.41, 5.74) is 0.157. The Labute approximate surface area is 129 Å². The van der Waals surface area contributed by atoms with E-state index in [9.17, 15) is 10.1 Å². The van der Waals surface area contributed by atoms with Crippen LogP contribution in [0, 0.1) is 21.4 Å². The van der Waals surface area contributed by atoms with E-state index in [-0.39, 0.29) is 57.0 Å². The second-order valence-electron chi connectivity index (χ2n) is 3.87. The molecule has 0 unspecified atom stereocenters. The lowest BCUT2D eigenvalue weighted by Crippen LogP contribution is -1.97. The Morgan fingerprint density at radius 1 is 1.30 bits per heavy atom. The maximum atomic E-state index is 11.2. The van der Waals surface area contributed by atoms with Crippen LogP contribution in [0.4, 0.5) is 5.69 Å². The zero-order valence-electron chi connectivity index (χ0n) is 12.9. The van der Waals surface area contributed by atoms with E-state index in [4.69, 9.17) is 32.6 Å². The number of rotatable bonds is 3. The van der Waals surface area contributed by atoms with E-state index in [2.05, 4.69) is 0 Å². The number of hydrogen-bond acceptors (Lipinski definition) is 3. The molecule has 0 saturated heterocycles. The Balaban J connectivity index is 2.61. The van der Waals surface area contributed by atoms with Crippen LogP contribution in [-0.2, 0) is 6.42 Å². The van der Waals surface area contributed by atoms with Crippen molar-refractivity contribution in [3.63, 3.8) is 0 Å². The van der Waals surface area contributed by atoms with E-state index in [0.717, 1.165) is 6.07 Å². The van der Waals surface area contributed by atoms with E-state index in [1.54, 1.807) is 0 Å². The van der Waals surface area contributed by atoms with Gasteiger partial charge in [-0.2, -0.15) is 5.26 Å². The fourth-order valence-corrected chi connectivity index (χ4v) is 2.15. The Morgan fingerprint density at radius 2 is 1.95 bits per heavy atom. The summed E-state index contributed by atoms with van der Waals surface area (Å²) in [7, 11) is 0. The van der Waals surface area contributed by atoms with Gasteiger partial charge in [0.05, 0.1) is 20.7 Å². The lowest BCUT2D eigenvalue weighted by atomic mass is 10.0. The minimum Gasteiger partial charge on any atom is -0.258 e. The van der Waals surface area contributed by atoms with Crippen LogP contribution in [0.1, 0.15) is 20.8 Å². The zero-order chi connectivity index (χ0) is 17.3. The highest BCUT2D eigenvalue weighted by Gasteiger charge is 2.15. The van der Waals surface area contributed by atoms with Crippen molar-refractivity contribution >= 4 is 28.9 Å². The molecule has 0 heterocycles. The van der Waals surface area contributed by atoms with Gasteiger partial charge in [-0.05, 0) is 29.8 Å². The summed E-state index contributed by atoms with van der Waals surface area (Å²) in [6.45, 7) is 0. The van der Waals surface area contributed by atoms with Gasteiger partial charge in [0.15, 0.2) is 0 Å². The molecule has 2 aromatic carbocycles. The molecule has 0 fully saturated rings. The second kappa shape index (κ2) is 5.91. The van der Waals surface area contributed by atoms with E-state index in [1.807, 2.05) is 6.07 Å². The normalized spacial score (nSPS) is 12.2. The van der Waals surface area contributed by atoms with Gasteiger partial charge in [0.25, 0.3) is 5.69 Å². The number of benzene rings is 2. The van der Waals surface area contributed by atoms with Gasteiger partial charge in [0.2, 0.25) is 0 Å². The highest BCUT2D eigenvalue weighted by atomic mass is 35.5. The van der Waals surface area contributed by atoms with Crippen LogP contribution in [0.3, 0.4) is 0 Å². The average Bonchev–Trinajstić information content (AvgIpc) is 2.55. The molecule has 20 heavy (non-hydrogen) atoms. The van der Waals surface area contributed by atoms with Crippen molar-refractivity contribution in [1.82, 2.24) is 0 Å². The smallest absolute Gasteiger partial charge is 0.258 e. The van der Waals surface area contributed by atoms with Gasteiger partial charge in [-0.25, -0.2) is 0 Å². The summed E-state index contributed by atoms with van der Waals surface area (Å²) in [6, 6.07) is 4.92. The molecule has 0 aliphatic rings. The van der Waals surface area contributed by atoms with Crippen LogP contribution >= 0.6 is 23.2 Å². The van der Waals surface area contributed by atoms with Crippen molar-refractivity contribution < 1.29 is 9.04 Å². The molecule has 4 nitrogen and oxygen atoms in total. The lowest BCUT2D eigenvalue weighted by molar-refractivity contribution is -0.385. The standard InChI is InChI=1S/C14H8Cl2N2O2/c15-12-4-10(5-13(16)7-12)3-11-2-1-9(8-17)6-14(11)18(19)20/h1-2,4-7H,3H2/i4D,5D,7D. The molecule has 0 spiro atoms. The van der Waals surface area contributed by atoms with Crippen LogP contribution in [-0.4, -0.2) is 4.92 Å². The van der Waals surface area contributed by atoms with Crippen LogP contribution < -0.4 is 0 Å². The summed E-state index contributed by atoms with van der Waals surface area (Å²) in [5.74, 6) is 0. The molecular formula is C14H8Cl2N2O2. The number of nitriles is 1. The molecule has 2 aromatic rings. The Bertz CT molecular complexity index is 837. The zero-order valence-corrected chi connectivity index (χ0v) is 11.4. The Kier molecular flexibility index (Phi) is 3.15. The van der Waals surface area contributed by atoms with E-state index < -0.39 is 4.92 Å². The summed E-state index contributed by atoms with van der Waals surface area (Å²) in [5, 5.41) is 19.6. The molecule has 0 aromatic heterocycles. The fraction of sp³-hybridized carbons (Fsp3) is 0.0714. The maximum absolute atomic E-state index is 11.2. The van der Waals surface area contributed by atoms with Gasteiger partial charge >= 0.3 is 0 Å². The van der Waals surface area contributed by atoms with Gasteiger partial charge in [0.1, 0.15) is 0 Å². The van der Waals surface area contributed by atoms with Gasteiger partial charge in [-0.1, -0.05) is 29.3 Å². The third kappa shape index (κ3) is 3.27. The summed E-state index contributed by atoms with van der Waals surface area (Å²) < 4.78 is 23.5. The van der Waals surface area contributed by atoms with Crippen molar-refractivity contribution in [1.29, 1.82) is 5.26 Å². The molecule has 2 rings (SSSR count). The van der Waals surface area contributed by atoms with E-state index in [0.29, 0.717) is 0 Å². The number of halogens is 2. The first-order chi connectivity index (χ1) is 10.8. The third-order valence-electron chi connectivity index (χ3n) is 2.52. The molecule has 0 saturated carbocycles. The number of hydrogen-bond donors (Lipinski definition) is 0. The first kappa shape index (κ1) is 10.7. The van der Waals surface area contributed by atoms with Crippen LogP contribution in [0.15, 0.2) is 36.3 Å². The summed E-state index contributed by atoms with van der Waals surface area (Å²) >= 11 is 11.7. The van der Waals surface area contributed by atoms with Crippen molar-refractivity contribution in [2.75, 3.05) is 0 Å². The van der Waals surface area contributed by atoms with Crippen molar-refractivity contribution in [3.8, 4) is 6.07 Å². The van der Waals surface area contributed by atoms with E-state index >= 15 is 0 Å². The van der Waals surface area contributed by atoms with Gasteiger partial charge in [-0.3, -0.25) is 10.1 Å². The number of nitrogens with zero attached hydrogens (tertiary/aromatic N) is 2. The van der Waals surface area contributed by atoms with E-state index in [1.165, 1.54) is 12.1 Å². The summed E-state index contributed by atoms with van der Waals surface area (Å²) in [4.78, 5) is 10.5. The highest BCUT2D eigenvalue weighted by molar-refractivity contribution is 6.34. The second-order valence-corrected chi connectivity index (χ2v) is 4.63. The first-order valence-corrected chi connectivity index (χ1v) is 6.14. The van der Waals surface area contributed by atoms with Crippen LogP contribution in [0.5, 0.6) is 0 Å². The maximum Gasteiger partial charge on any atom is 0.274 e. The third-order valence-corrected chi connectivity index (χ3v) is 2.90. The molecule has 0 bridgehead atoms. The quantitative estimate of drug-likeness (QED) is 0.624. The molecule has 100 valence electrons. The summed E-state index contributed by atoms with van der Waals surface area (Å²) in [6.07, 6.45) is -0.126. The largest absolute Gasteiger partial charge is 0.274 e. The predicted molar refractivity (Wildman–Crippen MR) is 77.1 cm³/mol. The van der Waals surface area contributed by atoms with Crippen molar-refractivity contribution in [3.05, 3.63) is 73.2 Å². The monoisotopic (exact) mass is 309 g/mol. The highest BCUT2D eigenvalue weighted by Crippen LogP contribution is 2.26. The number of nitro groups is 1. The van der Waals surface area contributed by atoms with Crippen molar-refractivity contribution in [2.24, 2.45) is 0 Å². The fourth-order valence-electron chi connectivity index (χ4n) is 1.69. The average molecular weight is 310 g/mol. The van der Waals surface area contributed by atoms with Crippen LogP contribution in [0.2, 0.25) is 10.0 Å². The lowest BCUT2D eigenvalue weighted by Gasteiger charge is -2.05. The molecule has 0 aliphatic carbocycles. The molecule has 0 N–H and O–H groups in total. The minimum atomic E-state index is -0.633. The first-order valence-electron chi connectivity index (χ1n) is 6.89. The topological polar surface area (TPSA) is 66.9 Å². The molecule has 0 aliphatic heterocycles. The van der Waals surface area contributed by atoms with Gasteiger partial charge < -0.3 is 0 Å². The van der Waals surface area contributed by atoms with Crippen LogP contribution in [0.25, 0.3) is 0 Å². The Hall–Kier alpha value is -2.09. The molecule has 0 amide bonds. The van der Waals surface area contributed by atoms with Gasteiger partial charge in [0, 0.05) is 28.1 Å². The molecule has 0 atom stereocenters.